The van der Waals surface area contributed by atoms with Gasteiger partial charge in [-0.05, 0) is 106 Å². The first-order valence-electron chi connectivity index (χ1n) is 18.3. The summed E-state index contributed by atoms with van der Waals surface area (Å²) in [5, 5.41) is 10.7. The molecule has 2 aliphatic heterocycles. The lowest BCUT2D eigenvalue weighted by Gasteiger charge is -2.41. The quantitative estimate of drug-likeness (QED) is 0.168. The Bertz CT molecular complexity index is 1820. The van der Waals surface area contributed by atoms with Crippen LogP contribution in [0.4, 0.5) is 15.8 Å². The van der Waals surface area contributed by atoms with E-state index in [2.05, 4.69) is 60.0 Å². The number of para-hydroxylation sites is 1. The summed E-state index contributed by atoms with van der Waals surface area (Å²) in [6, 6.07) is 23.2. The number of rotatable bonds is 11. The van der Waals surface area contributed by atoms with Gasteiger partial charge >= 0.3 is 5.97 Å². The molecule has 1 atom stereocenters. The van der Waals surface area contributed by atoms with E-state index in [1.54, 1.807) is 12.1 Å². The SMILES string of the molecule is Cc1nc(CN2CCCc3ccccc32)c(-c2ccc(OCCc3ccc(F)cc3)cc2)c(N2CCC(C)(C)CC2)c1C(OC(C)(C)C)C(=O)O. The molecule has 270 valence electrons. The minimum absolute atomic E-state index is 0.195. The zero-order chi connectivity index (χ0) is 36.3. The van der Waals surface area contributed by atoms with E-state index in [0.717, 1.165) is 79.1 Å². The molecule has 1 unspecified atom stereocenters. The Morgan fingerprint density at radius 2 is 1.67 bits per heavy atom. The molecular formula is C43H52FN3O4. The molecule has 3 aromatic carbocycles. The molecule has 1 aromatic heterocycles. The van der Waals surface area contributed by atoms with Gasteiger partial charge in [-0.25, -0.2) is 9.18 Å². The molecule has 6 rings (SSSR count). The number of carbonyl (C=O) groups is 1. The van der Waals surface area contributed by atoms with Crippen molar-refractivity contribution in [3.63, 3.8) is 0 Å². The van der Waals surface area contributed by atoms with Crippen molar-refractivity contribution in [2.75, 3.05) is 36.0 Å². The van der Waals surface area contributed by atoms with E-state index >= 15 is 0 Å². The van der Waals surface area contributed by atoms with Gasteiger partial charge in [-0.2, -0.15) is 0 Å². The number of halogens is 1. The van der Waals surface area contributed by atoms with Crippen LogP contribution in [0.15, 0.2) is 72.8 Å². The van der Waals surface area contributed by atoms with Crippen LogP contribution in [0.1, 0.15) is 88.1 Å². The summed E-state index contributed by atoms with van der Waals surface area (Å²) < 4.78 is 25.9. The molecule has 3 heterocycles. The lowest BCUT2D eigenvalue weighted by atomic mass is 9.81. The summed E-state index contributed by atoms with van der Waals surface area (Å²) in [6.07, 6.45) is 3.55. The summed E-state index contributed by atoms with van der Waals surface area (Å²) in [6.45, 7) is 15.8. The van der Waals surface area contributed by atoms with Crippen molar-refractivity contribution < 1.29 is 23.8 Å². The van der Waals surface area contributed by atoms with Crippen LogP contribution in [0.2, 0.25) is 0 Å². The van der Waals surface area contributed by atoms with Crippen LogP contribution >= 0.6 is 0 Å². The van der Waals surface area contributed by atoms with E-state index in [4.69, 9.17) is 14.5 Å². The minimum Gasteiger partial charge on any atom is -0.493 e. The Labute approximate surface area is 302 Å². The largest absolute Gasteiger partial charge is 0.493 e. The van der Waals surface area contributed by atoms with Crippen molar-refractivity contribution in [1.82, 2.24) is 4.98 Å². The number of anilines is 2. The standard InChI is InChI=1S/C43H52FN3O4/c1-29-37(40(41(48)49)51-42(2,3)4)39(46-25-22-43(5,6)23-26-46)38(35(45-29)28-47-24-9-11-31-10-7-8-12-36(31)47)32-15-19-34(20-16-32)50-27-21-30-13-17-33(44)18-14-30/h7-8,10,12-20,40H,9,11,21-28H2,1-6H3,(H,48,49). The van der Waals surface area contributed by atoms with E-state index in [0.29, 0.717) is 30.8 Å². The van der Waals surface area contributed by atoms with Crippen molar-refractivity contribution in [1.29, 1.82) is 0 Å². The maximum Gasteiger partial charge on any atom is 0.337 e. The maximum absolute atomic E-state index is 13.4. The molecule has 1 N–H and O–H groups in total. The number of fused-ring (bicyclic) bond motifs is 1. The highest BCUT2D eigenvalue weighted by Gasteiger charge is 2.37. The topological polar surface area (TPSA) is 75.1 Å². The van der Waals surface area contributed by atoms with Gasteiger partial charge in [0, 0.05) is 48.6 Å². The number of ether oxygens (including phenoxy) is 2. The Balaban J connectivity index is 1.46. The third kappa shape index (κ3) is 8.73. The molecule has 0 amide bonds. The predicted molar refractivity (Wildman–Crippen MR) is 202 cm³/mol. The fourth-order valence-electron chi connectivity index (χ4n) is 7.36. The minimum atomic E-state index is -1.19. The van der Waals surface area contributed by atoms with Gasteiger partial charge in [0.1, 0.15) is 11.6 Å². The van der Waals surface area contributed by atoms with Crippen LogP contribution in [-0.4, -0.2) is 47.9 Å². The number of aromatic nitrogens is 1. The van der Waals surface area contributed by atoms with Gasteiger partial charge in [0.15, 0.2) is 6.10 Å². The van der Waals surface area contributed by atoms with Gasteiger partial charge < -0.3 is 24.4 Å². The highest BCUT2D eigenvalue weighted by atomic mass is 19.1. The average Bonchev–Trinajstić information content (AvgIpc) is 3.08. The van der Waals surface area contributed by atoms with Gasteiger partial charge in [0.2, 0.25) is 0 Å². The van der Waals surface area contributed by atoms with Crippen molar-refractivity contribution in [3.05, 3.63) is 107 Å². The first-order valence-corrected chi connectivity index (χ1v) is 18.3. The third-order valence-electron chi connectivity index (χ3n) is 10.1. The first-order chi connectivity index (χ1) is 24.3. The summed E-state index contributed by atoms with van der Waals surface area (Å²) in [4.78, 5) is 23.2. The van der Waals surface area contributed by atoms with E-state index in [1.807, 2.05) is 39.8 Å². The normalized spacial score (nSPS) is 16.5. The van der Waals surface area contributed by atoms with Crippen molar-refractivity contribution in [3.8, 4) is 16.9 Å². The lowest BCUT2D eigenvalue weighted by Crippen LogP contribution is -2.39. The number of nitrogens with zero attached hydrogens (tertiary/aromatic N) is 3. The smallest absolute Gasteiger partial charge is 0.337 e. The molecule has 1 saturated heterocycles. The van der Waals surface area contributed by atoms with Gasteiger partial charge in [-0.1, -0.05) is 56.3 Å². The zero-order valence-corrected chi connectivity index (χ0v) is 31.0. The van der Waals surface area contributed by atoms with E-state index in [9.17, 15) is 14.3 Å². The van der Waals surface area contributed by atoms with Gasteiger partial charge in [0.25, 0.3) is 0 Å². The molecule has 0 radical (unpaired) electrons. The van der Waals surface area contributed by atoms with Crippen molar-refractivity contribution in [2.24, 2.45) is 5.41 Å². The van der Waals surface area contributed by atoms with Crippen LogP contribution < -0.4 is 14.5 Å². The molecule has 0 bridgehead atoms. The second-order valence-corrected chi connectivity index (χ2v) is 15.8. The molecule has 0 aliphatic carbocycles. The number of aliphatic carboxylic acids is 1. The van der Waals surface area contributed by atoms with Crippen molar-refractivity contribution >= 4 is 17.3 Å². The molecule has 0 spiro atoms. The summed E-state index contributed by atoms with van der Waals surface area (Å²) >= 11 is 0. The van der Waals surface area contributed by atoms with E-state index in [-0.39, 0.29) is 11.2 Å². The van der Waals surface area contributed by atoms with Crippen LogP contribution in [-0.2, 0) is 28.9 Å². The van der Waals surface area contributed by atoms with Crippen LogP contribution in [0.3, 0.4) is 0 Å². The van der Waals surface area contributed by atoms with Crippen LogP contribution in [0.25, 0.3) is 11.1 Å². The lowest BCUT2D eigenvalue weighted by molar-refractivity contribution is -0.160. The fraction of sp³-hybridized carbons (Fsp3) is 0.442. The third-order valence-corrected chi connectivity index (χ3v) is 10.1. The molecule has 0 saturated carbocycles. The number of piperidine rings is 1. The Morgan fingerprint density at radius 1 is 0.980 bits per heavy atom. The summed E-state index contributed by atoms with van der Waals surface area (Å²) in [5.41, 5.74) is 8.08. The van der Waals surface area contributed by atoms with Gasteiger partial charge in [-0.15, -0.1) is 0 Å². The van der Waals surface area contributed by atoms with Crippen LogP contribution in [0, 0.1) is 18.2 Å². The molecular weight excluding hydrogens is 641 g/mol. The monoisotopic (exact) mass is 693 g/mol. The second kappa shape index (κ2) is 15.0. The number of benzene rings is 3. The van der Waals surface area contributed by atoms with E-state index in [1.165, 1.54) is 23.4 Å². The average molecular weight is 694 g/mol. The summed E-state index contributed by atoms with van der Waals surface area (Å²) in [5.74, 6) is -0.546. The number of hydrogen-bond donors (Lipinski definition) is 1. The first kappa shape index (κ1) is 36.4. The molecule has 8 heteroatoms. The summed E-state index contributed by atoms with van der Waals surface area (Å²) in [7, 11) is 0. The molecule has 2 aliphatic rings. The number of carboxylic acid groups (broad SMARTS) is 1. The number of carboxylic acids is 1. The van der Waals surface area contributed by atoms with Crippen molar-refractivity contribution in [2.45, 2.75) is 91.9 Å². The van der Waals surface area contributed by atoms with E-state index < -0.39 is 17.7 Å². The molecule has 7 nitrogen and oxygen atoms in total. The Kier molecular flexibility index (Phi) is 10.7. The molecule has 1 fully saturated rings. The van der Waals surface area contributed by atoms with Gasteiger partial charge in [-0.3, -0.25) is 4.98 Å². The fourth-order valence-corrected chi connectivity index (χ4v) is 7.36. The van der Waals surface area contributed by atoms with Crippen LogP contribution in [0.5, 0.6) is 5.75 Å². The number of pyridine rings is 1. The predicted octanol–water partition coefficient (Wildman–Crippen LogP) is 9.34. The number of aryl methyl sites for hydroxylation is 2. The number of hydrogen-bond acceptors (Lipinski definition) is 6. The molecule has 4 aromatic rings. The Hall–Kier alpha value is -4.43. The highest BCUT2D eigenvalue weighted by molar-refractivity contribution is 5.88. The highest BCUT2D eigenvalue weighted by Crippen LogP contribution is 2.46. The zero-order valence-electron chi connectivity index (χ0n) is 31.0. The van der Waals surface area contributed by atoms with Gasteiger partial charge in [0.05, 0.1) is 30.1 Å². The Morgan fingerprint density at radius 3 is 2.33 bits per heavy atom. The molecule has 51 heavy (non-hydrogen) atoms. The maximum atomic E-state index is 13.4. The second-order valence-electron chi connectivity index (χ2n) is 15.8.